The maximum absolute atomic E-state index is 5.52. The first-order chi connectivity index (χ1) is 8.91. The molecule has 1 aromatic carbocycles. The van der Waals surface area contributed by atoms with Crippen LogP contribution in [0.15, 0.2) is 18.2 Å². The molecule has 3 N–H and O–H groups in total. The van der Waals surface area contributed by atoms with E-state index in [1.165, 1.54) is 11.1 Å². The van der Waals surface area contributed by atoms with Crippen LogP contribution < -0.4 is 5.73 Å². The monoisotopic (exact) mass is 258 g/mol. The van der Waals surface area contributed by atoms with Crippen LogP contribution in [0.1, 0.15) is 37.7 Å². The molecular formula is C15H22N4. The summed E-state index contributed by atoms with van der Waals surface area (Å²) in [5, 5.41) is 7.20. The first-order valence-electron chi connectivity index (χ1n) is 6.64. The van der Waals surface area contributed by atoms with Crippen molar-refractivity contribution in [2.24, 2.45) is 5.73 Å². The highest BCUT2D eigenvalue weighted by atomic mass is 15.2. The van der Waals surface area contributed by atoms with Crippen LogP contribution in [-0.2, 0) is 11.8 Å². The summed E-state index contributed by atoms with van der Waals surface area (Å²) in [6.07, 6.45) is 0.728. The van der Waals surface area contributed by atoms with Crippen LogP contribution >= 0.6 is 0 Å². The van der Waals surface area contributed by atoms with Gasteiger partial charge in [0.15, 0.2) is 5.82 Å². The number of rotatable bonds is 3. The van der Waals surface area contributed by atoms with E-state index < -0.39 is 0 Å². The molecule has 4 nitrogen and oxygen atoms in total. The zero-order chi connectivity index (χ0) is 14.0. The Hall–Kier alpha value is -1.68. The van der Waals surface area contributed by atoms with Crippen molar-refractivity contribution in [3.05, 3.63) is 35.2 Å². The lowest BCUT2D eigenvalue weighted by Crippen LogP contribution is -2.11. The molecule has 0 radical (unpaired) electrons. The number of nitrogens with two attached hydrogens (primary N) is 1. The van der Waals surface area contributed by atoms with Crippen molar-refractivity contribution >= 4 is 0 Å². The minimum absolute atomic E-state index is 0.160. The third kappa shape index (κ3) is 3.01. The molecule has 0 atom stereocenters. The van der Waals surface area contributed by atoms with Gasteiger partial charge in [0.2, 0.25) is 0 Å². The highest BCUT2D eigenvalue weighted by molar-refractivity contribution is 5.60. The number of aromatic nitrogens is 3. The molecule has 1 heterocycles. The summed E-state index contributed by atoms with van der Waals surface area (Å²) in [4.78, 5) is 4.48. The van der Waals surface area contributed by atoms with Crippen LogP contribution in [0.3, 0.4) is 0 Å². The molecule has 102 valence electrons. The zero-order valence-electron chi connectivity index (χ0n) is 12.1. The first kappa shape index (κ1) is 13.7. The molecule has 2 rings (SSSR count). The number of hydrogen-bond acceptors (Lipinski definition) is 3. The molecule has 0 aliphatic carbocycles. The molecule has 0 spiro atoms. The van der Waals surface area contributed by atoms with Crippen molar-refractivity contribution in [2.75, 3.05) is 6.54 Å². The normalized spacial score (nSPS) is 11.8. The lowest BCUT2D eigenvalue weighted by Gasteiger charge is -2.20. The van der Waals surface area contributed by atoms with Gasteiger partial charge in [-0.15, -0.1) is 0 Å². The van der Waals surface area contributed by atoms with E-state index in [4.69, 9.17) is 5.73 Å². The van der Waals surface area contributed by atoms with Gasteiger partial charge in [-0.25, -0.2) is 4.98 Å². The van der Waals surface area contributed by atoms with E-state index in [-0.39, 0.29) is 5.41 Å². The summed E-state index contributed by atoms with van der Waals surface area (Å²) >= 11 is 0. The van der Waals surface area contributed by atoms with Crippen LogP contribution in [0.2, 0.25) is 0 Å². The lowest BCUT2D eigenvalue weighted by atomic mass is 9.85. The fourth-order valence-electron chi connectivity index (χ4n) is 2.05. The van der Waals surface area contributed by atoms with Crippen molar-refractivity contribution in [3.63, 3.8) is 0 Å². The number of benzene rings is 1. The Bertz CT molecular complexity index is 564. The molecular weight excluding hydrogens is 236 g/mol. The number of hydrogen-bond donors (Lipinski definition) is 2. The summed E-state index contributed by atoms with van der Waals surface area (Å²) in [5.74, 6) is 1.60. The number of nitrogens with zero attached hydrogens (tertiary/aromatic N) is 2. The number of aryl methyl sites for hydroxylation is 1. The van der Waals surface area contributed by atoms with E-state index in [1.807, 2.05) is 0 Å². The van der Waals surface area contributed by atoms with Crippen LogP contribution in [0, 0.1) is 6.92 Å². The SMILES string of the molecule is Cc1cc(C(C)(C)C)ccc1-c1n[nH]c(CCN)n1. The highest BCUT2D eigenvalue weighted by Gasteiger charge is 2.16. The fourth-order valence-corrected chi connectivity index (χ4v) is 2.05. The second-order valence-electron chi connectivity index (χ2n) is 5.92. The molecule has 0 saturated heterocycles. The molecule has 0 amide bonds. The Labute approximate surface area is 114 Å². The van der Waals surface area contributed by atoms with Crippen LogP contribution in [0.25, 0.3) is 11.4 Å². The Morgan fingerprint density at radius 3 is 2.58 bits per heavy atom. The lowest BCUT2D eigenvalue weighted by molar-refractivity contribution is 0.590. The smallest absolute Gasteiger partial charge is 0.181 e. The molecule has 0 saturated carbocycles. The Balaban J connectivity index is 2.35. The molecule has 0 aliphatic heterocycles. The van der Waals surface area contributed by atoms with Gasteiger partial charge >= 0.3 is 0 Å². The van der Waals surface area contributed by atoms with Gasteiger partial charge in [0.05, 0.1) is 0 Å². The highest BCUT2D eigenvalue weighted by Crippen LogP contribution is 2.27. The maximum atomic E-state index is 5.52. The van der Waals surface area contributed by atoms with Crippen molar-refractivity contribution < 1.29 is 0 Å². The summed E-state index contributed by atoms with van der Waals surface area (Å²) in [5.41, 5.74) is 9.28. The predicted octanol–water partition coefficient (Wildman–Crippen LogP) is 2.58. The van der Waals surface area contributed by atoms with Gasteiger partial charge in [0.1, 0.15) is 5.82 Å². The van der Waals surface area contributed by atoms with E-state index in [2.05, 4.69) is 61.1 Å². The van der Waals surface area contributed by atoms with Crippen molar-refractivity contribution in [1.82, 2.24) is 15.2 Å². The maximum Gasteiger partial charge on any atom is 0.181 e. The minimum atomic E-state index is 0.160. The standard InChI is InChI=1S/C15H22N4/c1-10-9-11(15(2,3)4)5-6-12(10)14-17-13(7-8-16)18-19-14/h5-6,9H,7-8,16H2,1-4H3,(H,17,18,19). The first-order valence-corrected chi connectivity index (χ1v) is 6.64. The van der Waals surface area contributed by atoms with Gasteiger partial charge in [0, 0.05) is 12.0 Å². The Morgan fingerprint density at radius 2 is 2.00 bits per heavy atom. The van der Waals surface area contributed by atoms with Crippen molar-refractivity contribution in [1.29, 1.82) is 0 Å². The molecule has 0 bridgehead atoms. The number of H-pyrrole nitrogens is 1. The Morgan fingerprint density at radius 1 is 1.26 bits per heavy atom. The summed E-state index contributed by atoms with van der Waals surface area (Å²) < 4.78 is 0. The molecule has 1 aromatic heterocycles. The van der Waals surface area contributed by atoms with Gasteiger partial charge in [-0.1, -0.05) is 39.0 Å². The van der Waals surface area contributed by atoms with E-state index in [0.717, 1.165) is 23.6 Å². The largest absolute Gasteiger partial charge is 0.330 e. The average molecular weight is 258 g/mol. The van der Waals surface area contributed by atoms with Crippen molar-refractivity contribution in [2.45, 2.75) is 39.5 Å². The molecule has 0 aliphatic rings. The van der Waals surface area contributed by atoms with Gasteiger partial charge in [-0.2, -0.15) is 5.10 Å². The van der Waals surface area contributed by atoms with Crippen LogP contribution in [0.5, 0.6) is 0 Å². The second-order valence-corrected chi connectivity index (χ2v) is 5.92. The summed E-state index contributed by atoms with van der Waals surface area (Å²) in [7, 11) is 0. The topological polar surface area (TPSA) is 67.6 Å². The van der Waals surface area contributed by atoms with E-state index >= 15 is 0 Å². The molecule has 19 heavy (non-hydrogen) atoms. The van der Waals surface area contributed by atoms with Crippen molar-refractivity contribution in [3.8, 4) is 11.4 Å². The molecule has 4 heteroatoms. The van der Waals surface area contributed by atoms with Gasteiger partial charge in [-0.05, 0) is 30.0 Å². The quantitative estimate of drug-likeness (QED) is 0.889. The number of nitrogens with one attached hydrogen (secondary N) is 1. The van der Waals surface area contributed by atoms with Crippen LogP contribution in [-0.4, -0.2) is 21.7 Å². The minimum Gasteiger partial charge on any atom is -0.330 e. The summed E-state index contributed by atoms with van der Waals surface area (Å²) in [6, 6.07) is 6.47. The summed E-state index contributed by atoms with van der Waals surface area (Å²) in [6.45, 7) is 9.33. The van der Waals surface area contributed by atoms with E-state index in [0.29, 0.717) is 6.54 Å². The molecule has 0 fully saturated rings. The third-order valence-electron chi connectivity index (χ3n) is 3.25. The third-order valence-corrected chi connectivity index (χ3v) is 3.25. The average Bonchev–Trinajstić information content (AvgIpc) is 2.76. The second kappa shape index (κ2) is 5.13. The Kier molecular flexibility index (Phi) is 3.71. The van der Waals surface area contributed by atoms with Gasteiger partial charge in [0.25, 0.3) is 0 Å². The molecule has 0 unspecified atom stereocenters. The molecule has 2 aromatic rings. The van der Waals surface area contributed by atoms with Gasteiger partial charge in [-0.3, -0.25) is 5.10 Å². The van der Waals surface area contributed by atoms with E-state index in [9.17, 15) is 0 Å². The predicted molar refractivity (Wildman–Crippen MR) is 78.0 cm³/mol. The zero-order valence-corrected chi connectivity index (χ0v) is 12.1. The van der Waals surface area contributed by atoms with E-state index in [1.54, 1.807) is 0 Å². The van der Waals surface area contributed by atoms with Gasteiger partial charge < -0.3 is 5.73 Å². The van der Waals surface area contributed by atoms with Crippen LogP contribution in [0.4, 0.5) is 0 Å². The fraction of sp³-hybridized carbons (Fsp3) is 0.467. The number of aromatic amines is 1.